The van der Waals surface area contributed by atoms with E-state index in [1.807, 2.05) is 0 Å². The van der Waals surface area contributed by atoms with Gasteiger partial charge in [-0.05, 0) is 31.4 Å². The SMILES string of the molecule is O=C(N[C@H]1CC[C@@H](C(=O)O)C1)c1cc(F)cc(F)c1. The zero-order valence-corrected chi connectivity index (χ0v) is 10.0. The molecule has 1 saturated carbocycles. The van der Waals surface area contributed by atoms with Crippen LogP contribution in [0.4, 0.5) is 8.78 Å². The number of carboxylic acid groups (broad SMARTS) is 1. The number of carboxylic acids is 1. The first-order valence-electron chi connectivity index (χ1n) is 5.95. The third-order valence-corrected chi connectivity index (χ3v) is 3.24. The number of amides is 1. The van der Waals surface area contributed by atoms with Crippen molar-refractivity contribution in [1.82, 2.24) is 5.32 Å². The quantitative estimate of drug-likeness (QED) is 0.881. The van der Waals surface area contributed by atoms with Gasteiger partial charge < -0.3 is 10.4 Å². The summed E-state index contributed by atoms with van der Waals surface area (Å²) in [6.07, 6.45) is 1.40. The first-order chi connectivity index (χ1) is 8.95. The van der Waals surface area contributed by atoms with Gasteiger partial charge in [0.15, 0.2) is 0 Å². The summed E-state index contributed by atoms with van der Waals surface area (Å²) in [5, 5.41) is 11.4. The lowest BCUT2D eigenvalue weighted by molar-refractivity contribution is -0.141. The fraction of sp³-hybridized carbons (Fsp3) is 0.385. The van der Waals surface area contributed by atoms with Crippen LogP contribution in [-0.2, 0) is 4.79 Å². The Morgan fingerprint density at radius 3 is 2.32 bits per heavy atom. The van der Waals surface area contributed by atoms with Gasteiger partial charge in [-0.3, -0.25) is 9.59 Å². The van der Waals surface area contributed by atoms with Crippen LogP contribution in [-0.4, -0.2) is 23.0 Å². The van der Waals surface area contributed by atoms with Crippen LogP contribution in [0.25, 0.3) is 0 Å². The van der Waals surface area contributed by atoms with Crippen LogP contribution in [0.15, 0.2) is 18.2 Å². The summed E-state index contributed by atoms with van der Waals surface area (Å²) in [5.74, 6) is -3.57. The number of carbonyl (C=O) groups excluding carboxylic acids is 1. The number of hydrogen-bond acceptors (Lipinski definition) is 2. The number of halogens is 2. The van der Waals surface area contributed by atoms with Gasteiger partial charge in [-0.15, -0.1) is 0 Å². The van der Waals surface area contributed by atoms with Gasteiger partial charge in [-0.1, -0.05) is 0 Å². The van der Waals surface area contributed by atoms with Crippen molar-refractivity contribution in [2.45, 2.75) is 25.3 Å². The summed E-state index contributed by atoms with van der Waals surface area (Å²) in [6.45, 7) is 0. The van der Waals surface area contributed by atoms with E-state index >= 15 is 0 Å². The maximum Gasteiger partial charge on any atom is 0.306 e. The largest absolute Gasteiger partial charge is 0.481 e. The van der Waals surface area contributed by atoms with Gasteiger partial charge in [-0.2, -0.15) is 0 Å². The van der Waals surface area contributed by atoms with E-state index in [2.05, 4.69) is 5.32 Å². The van der Waals surface area contributed by atoms with Gasteiger partial charge in [0.1, 0.15) is 11.6 Å². The lowest BCUT2D eigenvalue weighted by atomic mass is 10.1. The molecule has 2 N–H and O–H groups in total. The number of benzene rings is 1. The van der Waals surface area contributed by atoms with Crippen molar-refractivity contribution in [1.29, 1.82) is 0 Å². The highest BCUT2D eigenvalue weighted by Crippen LogP contribution is 2.25. The molecule has 1 aromatic carbocycles. The monoisotopic (exact) mass is 269 g/mol. The van der Waals surface area contributed by atoms with Gasteiger partial charge in [0.25, 0.3) is 5.91 Å². The fourth-order valence-corrected chi connectivity index (χ4v) is 2.29. The number of carbonyl (C=O) groups is 2. The molecule has 1 aromatic rings. The molecule has 0 bridgehead atoms. The lowest BCUT2D eigenvalue weighted by Crippen LogP contribution is -2.33. The zero-order chi connectivity index (χ0) is 14.0. The van der Waals surface area contributed by atoms with Crippen molar-refractivity contribution >= 4 is 11.9 Å². The van der Waals surface area contributed by atoms with E-state index in [0.717, 1.165) is 12.1 Å². The van der Waals surface area contributed by atoms with Crippen LogP contribution in [0.5, 0.6) is 0 Å². The summed E-state index contributed by atoms with van der Waals surface area (Å²) < 4.78 is 25.9. The number of hydrogen-bond donors (Lipinski definition) is 2. The Morgan fingerprint density at radius 2 is 1.79 bits per heavy atom. The first-order valence-corrected chi connectivity index (χ1v) is 5.95. The highest BCUT2D eigenvalue weighted by Gasteiger charge is 2.30. The molecule has 1 fully saturated rings. The second-order valence-electron chi connectivity index (χ2n) is 4.68. The molecule has 0 aromatic heterocycles. The van der Waals surface area contributed by atoms with Gasteiger partial charge in [0.2, 0.25) is 0 Å². The summed E-state index contributed by atoms with van der Waals surface area (Å²) in [5.41, 5.74) is -0.101. The fourth-order valence-electron chi connectivity index (χ4n) is 2.29. The van der Waals surface area contributed by atoms with E-state index in [1.165, 1.54) is 0 Å². The van der Waals surface area contributed by atoms with Crippen LogP contribution in [0.3, 0.4) is 0 Å². The Labute approximate surface area is 108 Å². The Morgan fingerprint density at radius 1 is 1.16 bits per heavy atom. The molecule has 6 heteroatoms. The van der Waals surface area contributed by atoms with E-state index in [1.54, 1.807) is 0 Å². The number of rotatable bonds is 3. The Hall–Kier alpha value is -1.98. The average Bonchev–Trinajstić information content (AvgIpc) is 2.76. The van der Waals surface area contributed by atoms with E-state index in [-0.39, 0.29) is 11.6 Å². The molecule has 1 aliphatic rings. The molecule has 19 heavy (non-hydrogen) atoms. The van der Waals surface area contributed by atoms with Crippen molar-refractivity contribution in [3.8, 4) is 0 Å². The molecule has 102 valence electrons. The van der Waals surface area contributed by atoms with Crippen LogP contribution >= 0.6 is 0 Å². The van der Waals surface area contributed by atoms with Crippen molar-refractivity contribution in [3.05, 3.63) is 35.4 Å². The highest BCUT2D eigenvalue weighted by atomic mass is 19.1. The normalized spacial score (nSPS) is 22.2. The molecule has 4 nitrogen and oxygen atoms in total. The zero-order valence-electron chi connectivity index (χ0n) is 10.0. The van der Waals surface area contributed by atoms with E-state index in [9.17, 15) is 18.4 Å². The van der Waals surface area contributed by atoms with E-state index in [4.69, 9.17) is 5.11 Å². The molecule has 2 rings (SSSR count). The van der Waals surface area contributed by atoms with Gasteiger partial charge in [-0.25, -0.2) is 8.78 Å². The minimum absolute atomic E-state index is 0.101. The van der Waals surface area contributed by atoms with Crippen molar-refractivity contribution in [2.24, 2.45) is 5.92 Å². The molecular formula is C13H13F2NO3. The van der Waals surface area contributed by atoms with Crippen molar-refractivity contribution in [3.63, 3.8) is 0 Å². The maximum absolute atomic E-state index is 13.0. The molecule has 1 aliphatic carbocycles. The van der Waals surface area contributed by atoms with E-state index in [0.29, 0.717) is 25.3 Å². The predicted molar refractivity (Wildman–Crippen MR) is 62.6 cm³/mol. The first kappa shape index (κ1) is 13.5. The summed E-state index contributed by atoms with van der Waals surface area (Å²) >= 11 is 0. The third-order valence-electron chi connectivity index (χ3n) is 3.24. The molecule has 0 spiro atoms. The summed E-state index contributed by atoms with van der Waals surface area (Å²) in [7, 11) is 0. The van der Waals surface area contributed by atoms with Crippen LogP contribution < -0.4 is 5.32 Å². The standard InChI is InChI=1S/C13H13F2NO3/c14-9-3-8(4-10(15)6-9)12(17)16-11-2-1-7(5-11)13(18)19/h3-4,6-7,11H,1-2,5H2,(H,16,17)(H,18,19)/t7-,11+/m1/s1. The Bertz CT molecular complexity index is 498. The Balaban J connectivity index is 2.00. The molecule has 0 aliphatic heterocycles. The van der Waals surface area contributed by atoms with Crippen molar-refractivity contribution in [2.75, 3.05) is 0 Å². The maximum atomic E-state index is 13.0. The van der Waals surface area contributed by atoms with Gasteiger partial charge in [0, 0.05) is 17.7 Å². The smallest absolute Gasteiger partial charge is 0.306 e. The van der Waals surface area contributed by atoms with E-state index < -0.39 is 29.4 Å². The topological polar surface area (TPSA) is 66.4 Å². The second-order valence-corrected chi connectivity index (χ2v) is 4.68. The molecular weight excluding hydrogens is 256 g/mol. The average molecular weight is 269 g/mol. The second kappa shape index (κ2) is 5.34. The molecule has 0 radical (unpaired) electrons. The van der Waals surface area contributed by atoms with Crippen LogP contribution in [0.2, 0.25) is 0 Å². The van der Waals surface area contributed by atoms with Gasteiger partial charge in [0.05, 0.1) is 5.92 Å². The molecule has 2 atom stereocenters. The highest BCUT2D eigenvalue weighted by molar-refractivity contribution is 5.94. The third kappa shape index (κ3) is 3.27. The molecule has 1 amide bonds. The van der Waals surface area contributed by atoms with Crippen LogP contribution in [0, 0.1) is 17.6 Å². The number of aliphatic carboxylic acids is 1. The minimum Gasteiger partial charge on any atom is -0.481 e. The Kier molecular flexibility index (Phi) is 3.78. The molecule has 0 saturated heterocycles. The van der Waals surface area contributed by atoms with Crippen LogP contribution in [0.1, 0.15) is 29.6 Å². The molecule has 0 heterocycles. The summed E-state index contributed by atoms with van der Waals surface area (Å²) in [6, 6.07) is 2.32. The van der Waals surface area contributed by atoms with Gasteiger partial charge >= 0.3 is 5.97 Å². The minimum atomic E-state index is -0.881. The molecule has 0 unspecified atom stereocenters. The lowest BCUT2D eigenvalue weighted by Gasteiger charge is -2.12. The summed E-state index contributed by atoms with van der Waals surface area (Å²) in [4.78, 5) is 22.6. The predicted octanol–water partition coefficient (Wildman–Crippen LogP) is 1.95. The van der Waals surface area contributed by atoms with Crippen molar-refractivity contribution < 1.29 is 23.5 Å². The number of nitrogens with one attached hydrogen (secondary N) is 1.